The molecule has 0 spiro atoms. The Morgan fingerprint density at radius 1 is 1.34 bits per heavy atom. The normalized spacial score (nSPS) is 14.7. The first kappa shape index (κ1) is 19.7. The van der Waals surface area contributed by atoms with Crippen LogP contribution in [0.4, 0.5) is 5.95 Å². The van der Waals surface area contributed by atoms with Gasteiger partial charge in [0.25, 0.3) is 5.91 Å². The van der Waals surface area contributed by atoms with Gasteiger partial charge in [-0.05, 0) is 38.1 Å². The van der Waals surface area contributed by atoms with Gasteiger partial charge in [-0.2, -0.15) is 0 Å². The number of amides is 1. The van der Waals surface area contributed by atoms with Crippen molar-refractivity contribution in [3.63, 3.8) is 0 Å². The van der Waals surface area contributed by atoms with Crippen LogP contribution in [0.1, 0.15) is 46.5 Å². The Morgan fingerprint density at radius 3 is 3.03 bits per heavy atom. The van der Waals surface area contributed by atoms with Crippen LogP contribution < -0.4 is 10.6 Å². The number of aryl methyl sites for hydroxylation is 1. The number of fused-ring (bicyclic) bond motifs is 2. The number of nitrogens with one attached hydrogen (secondary N) is 2. The molecule has 3 aromatic rings. The average Bonchev–Trinajstić information content (AvgIpc) is 3.10. The van der Waals surface area contributed by atoms with Crippen LogP contribution in [0.2, 0.25) is 0 Å². The highest BCUT2D eigenvalue weighted by Crippen LogP contribution is 2.27. The Kier molecular flexibility index (Phi) is 5.73. The van der Waals surface area contributed by atoms with Gasteiger partial charge < -0.3 is 10.6 Å². The predicted octanol–water partition coefficient (Wildman–Crippen LogP) is 3.18. The van der Waals surface area contributed by atoms with Gasteiger partial charge in [0.05, 0.1) is 26.5 Å². The number of benzene rings is 1. The Bertz CT molecular complexity index is 1030. The zero-order valence-electron chi connectivity index (χ0n) is 17.0. The van der Waals surface area contributed by atoms with E-state index in [1.165, 1.54) is 10.3 Å². The maximum atomic E-state index is 11.8. The van der Waals surface area contributed by atoms with Gasteiger partial charge in [-0.1, -0.05) is 13.0 Å². The molecule has 1 aliphatic rings. The molecule has 29 heavy (non-hydrogen) atoms. The first-order chi connectivity index (χ1) is 14.0. The maximum Gasteiger partial charge on any atom is 0.254 e. The monoisotopic (exact) mass is 410 g/mol. The minimum atomic E-state index is -0.0870. The van der Waals surface area contributed by atoms with Crippen molar-refractivity contribution in [2.75, 3.05) is 31.5 Å². The second-order valence-electron chi connectivity index (χ2n) is 7.25. The summed E-state index contributed by atoms with van der Waals surface area (Å²) in [6.45, 7) is 9.64. The summed E-state index contributed by atoms with van der Waals surface area (Å²) in [6.07, 6.45) is 2.36. The highest BCUT2D eigenvalue weighted by atomic mass is 32.1. The summed E-state index contributed by atoms with van der Waals surface area (Å²) in [4.78, 5) is 27.7. The second kappa shape index (κ2) is 8.42. The number of hydrogen-bond donors (Lipinski definition) is 2. The van der Waals surface area contributed by atoms with E-state index in [0.29, 0.717) is 24.1 Å². The van der Waals surface area contributed by atoms with Gasteiger partial charge in [0.15, 0.2) is 0 Å². The lowest BCUT2D eigenvalue weighted by Crippen LogP contribution is -2.33. The van der Waals surface area contributed by atoms with Gasteiger partial charge in [0, 0.05) is 38.3 Å². The summed E-state index contributed by atoms with van der Waals surface area (Å²) >= 11 is 1.73. The van der Waals surface area contributed by atoms with Gasteiger partial charge in [0.1, 0.15) is 0 Å². The molecule has 4 rings (SSSR count). The van der Waals surface area contributed by atoms with E-state index in [1.54, 1.807) is 17.5 Å². The highest BCUT2D eigenvalue weighted by molar-refractivity contribution is 7.18. The molecule has 2 N–H and O–H groups in total. The summed E-state index contributed by atoms with van der Waals surface area (Å²) in [5, 5.41) is 7.22. The molecular weight excluding hydrogens is 384 g/mol. The number of hydrogen-bond acceptors (Lipinski definition) is 7. The summed E-state index contributed by atoms with van der Waals surface area (Å²) in [7, 11) is 0. The van der Waals surface area contributed by atoms with E-state index in [-0.39, 0.29) is 5.91 Å². The Labute approximate surface area is 174 Å². The topological polar surface area (TPSA) is 83.0 Å². The van der Waals surface area contributed by atoms with Gasteiger partial charge in [-0.25, -0.2) is 15.0 Å². The fourth-order valence-corrected chi connectivity index (χ4v) is 4.55. The average molecular weight is 411 g/mol. The van der Waals surface area contributed by atoms with Gasteiger partial charge in [-0.15, -0.1) is 11.3 Å². The van der Waals surface area contributed by atoms with Crippen molar-refractivity contribution in [2.45, 2.75) is 33.2 Å². The largest absolute Gasteiger partial charge is 0.353 e. The molecule has 1 aliphatic heterocycles. The lowest BCUT2D eigenvalue weighted by atomic mass is 10.1. The molecule has 0 saturated heterocycles. The van der Waals surface area contributed by atoms with E-state index in [9.17, 15) is 4.79 Å². The van der Waals surface area contributed by atoms with Crippen molar-refractivity contribution in [3.05, 3.63) is 46.2 Å². The van der Waals surface area contributed by atoms with E-state index in [0.717, 1.165) is 42.3 Å². The number of rotatable bonds is 7. The predicted molar refractivity (Wildman–Crippen MR) is 117 cm³/mol. The number of likely N-dealkylation sites (N-methyl/N-ethyl adjacent to an activating group) is 1. The van der Waals surface area contributed by atoms with Crippen LogP contribution in [-0.4, -0.2) is 51.9 Å². The minimum absolute atomic E-state index is 0.0870. The molecule has 1 atom stereocenters. The number of aromatic nitrogens is 3. The summed E-state index contributed by atoms with van der Waals surface area (Å²) < 4.78 is 1.24. The van der Waals surface area contributed by atoms with Crippen LogP contribution in [0.3, 0.4) is 0 Å². The van der Waals surface area contributed by atoms with Crippen LogP contribution >= 0.6 is 11.3 Å². The van der Waals surface area contributed by atoms with E-state index >= 15 is 0 Å². The number of carbonyl (C=O) groups is 1. The SMILES string of the molecule is CCN(CCNc1ncc2c(n1)CCNC2=O)C(C)c1ccc2sc(C)nc2c1. The molecule has 0 saturated carbocycles. The first-order valence-electron chi connectivity index (χ1n) is 10.0. The summed E-state index contributed by atoms with van der Waals surface area (Å²) in [5.74, 6) is 0.498. The van der Waals surface area contributed by atoms with Crippen LogP contribution in [-0.2, 0) is 6.42 Å². The maximum absolute atomic E-state index is 11.8. The lowest BCUT2D eigenvalue weighted by Gasteiger charge is -2.28. The van der Waals surface area contributed by atoms with Crippen LogP contribution in [0.25, 0.3) is 10.2 Å². The molecular formula is C21H26N6OS. The van der Waals surface area contributed by atoms with Crippen molar-refractivity contribution >= 4 is 33.4 Å². The molecule has 152 valence electrons. The number of anilines is 1. The molecule has 0 fully saturated rings. The Balaban J connectivity index is 1.39. The fourth-order valence-electron chi connectivity index (χ4n) is 3.74. The van der Waals surface area contributed by atoms with Crippen molar-refractivity contribution in [3.8, 4) is 0 Å². The molecule has 1 unspecified atom stereocenters. The molecule has 7 nitrogen and oxygen atoms in total. The van der Waals surface area contributed by atoms with Crippen LogP contribution in [0, 0.1) is 6.92 Å². The third-order valence-electron chi connectivity index (χ3n) is 5.40. The fraction of sp³-hybridized carbons (Fsp3) is 0.429. The molecule has 1 amide bonds. The number of thiazole rings is 1. The zero-order chi connectivity index (χ0) is 20.4. The van der Waals surface area contributed by atoms with Crippen LogP contribution in [0.5, 0.6) is 0 Å². The van der Waals surface area contributed by atoms with Crippen molar-refractivity contribution < 1.29 is 4.79 Å². The molecule has 0 aliphatic carbocycles. The zero-order valence-corrected chi connectivity index (χ0v) is 17.8. The Hall–Kier alpha value is -2.58. The van der Waals surface area contributed by atoms with Crippen molar-refractivity contribution in [1.82, 2.24) is 25.2 Å². The second-order valence-corrected chi connectivity index (χ2v) is 8.49. The standard InChI is InChI=1S/C21H26N6OS/c1-4-27(13(2)15-5-6-19-18(11-15)25-14(3)29-19)10-9-23-21-24-12-16-17(26-21)7-8-22-20(16)28/h5-6,11-13H,4,7-10H2,1-3H3,(H,22,28)(H,23,24,26). The van der Waals surface area contributed by atoms with E-state index in [2.05, 4.69) is 62.5 Å². The van der Waals surface area contributed by atoms with Gasteiger partial charge >= 0.3 is 0 Å². The number of nitrogens with zero attached hydrogens (tertiary/aromatic N) is 4. The van der Waals surface area contributed by atoms with Crippen molar-refractivity contribution in [2.24, 2.45) is 0 Å². The summed E-state index contributed by atoms with van der Waals surface area (Å²) in [5.41, 5.74) is 3.76. The third kappa shape index (κ3) is 4.23. The van der Waals surface area contributed by atoms with Gasteiger partial charge in [-0.3, -0.25) is 9.69 Å². The molecule has 0 radical (unpaired) electrons. The van der Waals surface area contributed by atoms with E-state index < -0.39 is 0 Å². The molecule has 2 aromatic heterocycles. The third-order valence-corrected chi connectivity index (χ3v) is 6.35. The Morgan fingerprint density at radius 2 is 2.21 bits per heavy atom. The quantitative estimate of drug-likeness (QED) is 0.623. The first-order valence-corrected chi connectivity index (χ1v) is 10.9. The molecule has 8 heteroatoms. The lowest BCUT2D eigenvalue weighted by molar-refractivity contribution is 0.0944. The van der Waals surface area contributed by atoms with Gasteiger partial charge in [0.2, 0.25) is 5.95 Å². The highest BCUT2D eigenvalue weighted by Gasteiger charge is 2.19. The molecule has 3 heterocycles. The minimum Gasteiger partial charge on any atom is -0.353 e. The number of carbonyl (C=O) groups excluding carboxylic acids is 1. The van der Waals surface area contributed by atoms with E-state index in [1.807, 2.05) is 6.92 Å². The summed E-state index contributed by atoms with van der Waals surface area (Å²) in [6, 6.07) is 6.88. The smallest absolute Gasteiger partial charge is 0.254 e. The molecule has 1 aromatic carbocycles. The van der Waals surface area contributed by atoms with Crippen LogP contribution in [0.15, 0.2) is 24.4 Å². The molecule has 0 bridgehead atoms. The van der Waals surface area contributed by atoms with Crippen molar-refractivity contribution in [1.29, 1.82) is 0 Å². The van der Waals surface area contributed by atoms with E-state index in [4.69, 9.17) is 0 Å².